The Morgan fingerprint density at radius 2 is 2.43 bits per heavy atom. The van der Waals surface area contributed by atoms with E-state index < -0.39 is 6.10 Å². The van der Waals surface area contributed by atoms with Crippen LogP contribution in [0.25, 0.3) is 0 Å². The minimum Gasteiger partial charge on any atom is -0.387 e. The molecular weight excluding hydrogens is 176 g/mol. The standard InChI is InChI=1S/C11H16N2O/c1-7-5-9-8(11(14)6-12)3-2-4-10(9)13-7/h2-5,9-11,13-14H,6,12H2,1H3. The minimum absolute atomic E-state index is 0.276. The summed E-state index contributed by atoms with van der Waals surface area (Å²) in [5, 5.41) is 13.1. The van der Waals surface area contributed by atoms with Crippen LogP contribution in [0.15, 0.2) is 35.6 Å². The van der Waals surface area contributed by atoms with E-state index in [9.17, 15) is 5.11 Å². The molecule has 14 heavy (non-hydrogen) atoms. The smallest absolute Gasteiger partial charge is 0.0882 e. The lowest BCUT2D eigenvalue weighted by atomic mass is 9.86. The van der Waals surface area contributed by atoms with Crippen LogP contribution in [0.1, 0.15) is 6.92 Å². The first-order valence-electron chi connectivity index (χ1n) is 4.93. The lowest BCUT2D eigenvalue weighted by molar-refractivity contribution is 0.207. The molecule has 3 heteroatoms. The van der Waals surface area contributed by atoms with Gasteiger partial charge < -0.3 is 16.2 Å². The van der Waals surface area contributed by atoms with Crippen molar-refractivity contribution >= 4 is 0 Å². The van der Waals surface area contributed by atoms with E-state index in [0.717, 1.165) is 5.57 Å². The summed E-state index contributed by atoms with van der Waals surface area (Å²) in [6.07, 6.45) is 7.70. The maximum Gasteiger partial charge on any atom is 0.0882 e. The van der Waals surface area contributed by atoms with Crippen molar-refractivity contribution in [3.8, 4) is 0 Å². The minimum atomic E-state index is -0.517. The maximum atomic E-state index is 9.73. The lowest BCUT2D eigenvalue weighted by Crippen LogP contribution is -2.34. The van der Waals surface area contributed by atoms with Gasteiger partial charge in [-0.2, -0.15) is 0 Å². The highest BCUT2D eigenvalue weighted by atomic mass is 16.3. The molecule has 2 aliphatic rings. The number of allylic oxidation sites excluding steroid dienone is 3. The molecule has 3 nitrogen and oxygen atoms in total. The zero-order valence-corrected chi connectivity index (χ0v) is 8.27. The van der Waals surface area contributed by atoms with Gasteiger partial charge in [-0.3, -0.25) is 0 Å². The van der Waals surface area contributed by atoms with Crippen molar-refractivity contribution in [2.75, 3.05) is 6.54 Å². The Morgan fingerprint density at radius 3 is 3.14 bits per heavy atom. The predicted molar refractivity (Wildman–Crippen MR) is 56.5 cm³/mol. The Morgan fingerprint density at radius 1 is 1.64 bits per heavy atom. The van der Waals surface area contributed by atoms with Crippen molar-refractivity contribution in [2.24, 2.45) is 11.7 Å². The molecule has 0 radical (unpaired) electrons. The van der Waals surface area contributed by atoms with E-state index in [1.54, 1.807) is 0 Å². The average Bonchev–Trinajstić information content (AvgIpc) is 2.56. The first-order chi connectivity index (χ1) is 6.72. The van der Waals surface area contributed by atoms with Crippen molar-refractivity contribution in [2.45, 2.75) is 19.1 Å². The second-order valence-corrected chi connectivity index (χ2v) is 3.85. The topological polar surface area (TPSA) is 58.3 Å². The molecule has 0 aromatic carbocycles. The zero-order chi connectivity index (χ0) is 10.1. The molecule has 2 rings (SSSR count). The third-order valence-corrected chi connectivity index (χ3v) is 2.81. The van der Waals surface area contributed by atoms with Crippen LogP contribution in [0.4, 0.5) is 0 Å². The summed E-state index contributed by atoms with van der Waals surface area (Å²) in [5.74, 6) is 0.276. The normalized spacial score (nSPS) is 31.6. The number of aliphatic hydroxyl groups excluding tert-OH is 1. The van der Waals surface area contributed by atoms with E-state index in [0.29, 0.717) is 6.04 Å². The Balaban J connectivity index is 2.24. The van der Waals surface area contributed by atoms with Gasteiger partial charge in [-0.15, -0.1) is 0 Å². The third-order valence-electron chi connectivity index (χ3n) is 2.81. The molecule has 0 aromatic heterocycles. The van der Waals surface area contributed by atoms with E-state index in [4.69, 9.17) is 5.73 Å². The van der Waals surface area contributed by atoms with Crippen LogP contribution < -0.4 is 11.1 Å². The van der Waals surface area contributed by atoms with Gasteiger partial charge in [-0.1, -0.05) is 24.3 Å². The maximum absolute atomic E-state index is 9.73. The van der Waals surface area contributed by atoms with E-state index >= 15 is 0 Å². The molecule has 1 aliphatic heterocycles. The molecule has 76 valence electrons. The number of rotatable bonds is 2. The van der Waals surface area contributed by atoms with Gasteiger partial charge in [0.15, 0.2) is 0 Å². The molecule has 0 fully saturated rings. The molecule has 0 bridgehead atoms. The SMILES string of the molecule is CC1=CC2C(C(O)CN)=CC=CC2N1. The quantitative estimate of drug-likeness (QED) is 0.589. The summed E-state index contributed by atoms with van der Waals surface area (Å²) >= 11 is 0. The molecule has 3 atom stereocenters. The van der Waals surface area contributed by atoms with Gasteiger partial charge in [0.2, 0.25) is 0 Å². The van der Waals surface area contributed by atoms with Crippen LogP contribution in [0.3, 0.4) is 0 Å². The molecule has 0 saturated carbocycles. The first kappa shape index (κ1) is 9.49. The van der Waals surface area contributed by atoms with Crippen molar-refractivity contribution in [3.63, 3.8) is 0 Å². The number of hydrogen-bond donors (Lipinski definition) is 3. The van der Waals surface area contributed by atoms with Crippen LogP contribution in [-0.2, 0) is 0 Å². The van der Waals surface area contributed by atoms with Crippen LogP contribution >= 0.6 is 0 Å². The molecule has 0 spiro atoms. The Kier molecular flexibility index (Phi) is 2.44. The summed E-state index contributed by atoms with van der Waals surface area (Å²) in [4.78, 5) is 0. The zero-order valence-electron chi connectivity index (χ0n) is 8.27. The largest absolute Gasteiger partial charge is 0.387 e. The molecule has 3 unspecified atom stereocenters. The Hall–Kier alpha value is -1.06. The van der Waals surface area contributed by atoms with Crippen LogP contribution in [0.2, 0.25) is 0 Å². The molecule has 0 saturated heterocycles. The van der Waals surface area contributed by atoms with Crippen LogP contribution in [0, 0.1) is 5.92 Å². The lowest BCUT2D eigenvalue weighted by Gasteiger charge is -2.25. The fourth-order valence-electron chi connectivity index (χ4n) is 2.11. The number of hydrogen-bond acceptors (Lipinski definition) is 3. The Labute approximate surface area is 84.0 Å². The third kappa shape index (κ3) is 1.49. The fraction of sp³-hybridized carbons (Fsp3) is 0.455. The molecule has 0 aromatic rings. The van der Waals surface area contributed by atoms with Gasteiger partial charge in [-0.05, 0) is 12.5 Å². The molecular formula is C11H16N2O. The van der Waals surface area contributed by atoms with Crippen LogP contribution in [-0.4, -0.2) is 23.8 Å². The summed E-state index contributed by atoms with van der Waals surface area (Å²) in [7, 11) is 0. The first-order valence-corrected chi connectivity index (χ1v) is 4.93. The van der Waals surface area contributed by atoms with Crippen molar-refractivity contribution in [1.29, 1.82) is 0 Å². The molecule has 1 heterocycles. The van der Waals surface area contributed by atoms with Crippen LogP contribution in [0.5, 0.6) is 0 Å². The van der Waals surface area contributed by atoms with E-state index in [1.807, 2.05) is 19.1 Å². The van der Waals surface area contributed by atoms with Crippen molar-refractivity contribution < 1.29 is 5.11 Å². The van der Waals surface area contributed by atoms with E-state index in [1.165, 1.54) is 5.70 Å². The second-order valence-electron chi connectivity index (χ2n) is 3.85. The summed E-state index contributed by atoms with van der Waals surface area (Å²) in [6, 6.07) is 0.302. The highest BCUT2D eigenvalue weighted by Crippen LogP contribution is 2.30. The second kappa shape index (κ2) is 3.59. The fourth-order valence-corrected chi connectivity index (χ4v) is 2.11. The number of nitrogens with one attached hydrogen (secondary N) is 1. The summed E-state index contributed by atoms with van der Waals surface area (Å²) in [6.45, 7) is 2.33. The molecule has 1 aliphatic carbocycles. The summed E-state index contributed by atoms with van der Waals surface area (Å²) < 4.78 is 0. The Bertz CT molecular complexity index is 317. The highest BCUT2D eigenvalue weighted by Gasteiger charge is 2.30. The number of fused-ring (bicyclic) bond motifs is 1. The van der Waals surface area contributed by atoms with Gasteiger partial charge in [0.1, 0.15) is 0 Å². The van der Waals surface area contributed by atoms with E-state index in [2.05, 4.69) is 17.5 Å². The molecule has 4 N–H and O–H groups in total. The van der Waals surface area contributed by atoms with Crippen molar-refractivity contribution in [3.05, 3.63) is 35.6 Å². The highest BCUT2D eigenvalue weighted by molar-refractivity contribution is 5.36. The average molecular weight is 192 g/mol. The van der Waals surface area contributed by atoms with E-state index in [-0.39, 0.29) is 12.5 Å². The molecule has 0 amide bonds. The monoisotopic (exact) mass is 192 g/mol. The van der Waals surface area contributed by atoms with Crippen molar-refractivity contribution in [1.82, 2.24) is 5.32 Å². The number of aliphatic hydroxyl groups is 1. The summed E-state index contributed by atoms with van der Waals surface area (Å²) in [5.41, 5.74) is 7.65. The van der Waals surface area contributed by atoms with Gasteiger partial charge in [-0.25, -0.2) is 0 Å². The van der Waals surface area contributed by atoms with Gasteiger partial charge in [0.05, 0.1) is 12.1 Å². The van der Waals surface area contributed by atoms with Gasteiger partial charge in [0.25, 0.3) is 0 Å². The van der Waals surface area contributed by atoms with Gasteiger partial charge in [0, 0.05) is 18.2 Å². The number of nitrogens with two attached hydrogens (primary N) is 1. The van der Waals surface area contributed by atoms with Gasteiger partial charge >= 0.3 is 0 Å². The predicted octanol–water partition coefficient (Wildman–Crippen LogP) is 0.294.